The van der Waals surface area contributed by atoms with Gasteiger partial charge in [0.2, 0.25) is 0 Å². The van der Waals surface area contributed by atoms with E-state index in [1.165, 1.54) is 13.2 Å². The monoisotopic (exact) mass is 517 g/mol. The fourth-order valence-electron chi connectivity index (χ4n) is 5.05. The highest BCUT2D eigenvalue weighted by atomic mass is 19.1. The van der Waals surface area contributed by atoms with Crippen LogP contribution in [0.1, 0.15) is 55.7 Å². The van der Waals surface area contributed by atoms with Gasteiger partial charge in [-0.1, -0.05) is 30.3 Å². The molecule has 2 aromatic carbocycles. The van der Waals surface area contributed by atoms with Crippen molar-refractivity contribution >= 4 is 11.6 Å². The highest BCUT2D eigenvalue weighted by Gasteiger charge is 2.35. The SMILES string of the molecule is COC(=O)[C@@H](OC(C)(C)C)c1c(C)nc2cc(-c3ccccc3)nn2c1-c1cc(F)c2c(c1C)CCCO2. The maximum absolute atomic E-state index is 15.5. The van der Waals surface area contributed by atoms with Crippen molar-refractivity contribution in [2.75, 3.05) is 13.7 Å². The Morgan fingerprint density at radius 2 is 1.89 bits per heavy atom. The quantitative estimate of drug-likeness (QED) is 0.295. The third-order valence-electron chi connectivity index (χ3n) is 6.74. The second-order valence-corrected chi connectivity index (χ2v) is 10.5. The number of aromatic nitrogens is 3. The predicted molar refractivity (Wildman–Crippen MR) is 143 cm³/mol. The Bertz CT molecular complexity index is 1520. The molecule has 0 spiro atoms. The van der Waals surface area contributed by atoms with Crippen molar-refractivity contribution < 1.29 is 23.4 Å². The van der Waals surface area contributed by atoms with Crippen LogP contribution in [0.2, 0.25) is 0 Å². The normalized spacial score (nSPS) is 14.2. The average Bonchev–Trinajstić information content (AvgIpc) is 3.32. The van der Waals surface area contributed by atoms with Crippen molar-refractivity contribution in [1.29, 1.82) is 0 Å². The van der Waals surface area contributed by atoms with E-state index in [0.717, 1.165) is 23.1 Å². The number of fused-ring (bicyclic) bond motifs is 2. The maximum Gasteiger partial charge on any atom is 0.339 e. The lowest BCUT2D eigenvalue weighted by atomic mass is 9.91. The number of benzene rings is 2. The first-order valence-corrected chi connectivity index (χ1v) is 12.8. The summed E-state index contributed by atoms with van der Waals surface area (Å²) in [6, 6.07) is 13.1. The molecule has 5 rings (SSSR count). The van der Waals surface area contributed by atoms with Crippen molar-refractivity contribution in [1.82, 2.24) is 14.6 Å². The van der Waals surface area contributed by atoms with E-state index in [0.29, 0.717) is 52.6 Å². The van der Waals surface area contributed by atoms with E-state index in [4.69, 9.17) is 24.3 Å². The molecule has 0 N–H and O–H groups in total. The molecule has 2 aromatic heterocycles. The van der Waals surface area contributed by atoms with Gasteiger partial charge in [-0.15, -0.1) is 0 Å². The predicted octanol–water partition coefficient (Wildman–Crippen LogP) is 6.17. The number of esters is 1. The Morgan fingerprint density at radius 3 is 2.58 bits per heavy atom. The number of ether oxygens (including phenoxy) is 3. The van der Waals surface area contributed by atoms with E-state index in [9.17, 15) is 4.79 Å². The molecule has 7 nitrogen and oxygen atoms in total. The number of nitrogens with zero attached hydrogens (tertiary/aromatic N) is 3. The minimum Gasteiger partial charge on any atom is -0.490 e. The van der Waals surface area contributed by atoms with Gasteiger partial charge in [-0.2, -0.15) is 5.10 Å². The van der Waals surface area contributed by atoms with Crippen molar-refractivity contribution in [2.24, 2.45) is 0 Å². The highest BCUT2D eigenvalue weighted by molar-refractivity contribution is 5.83. The number of hydrogen-bond donors (Lipinski definition) is 0. The molecule has 0 bridgehead atoms. The van der Waals surface area contributed by atoms with Crippen molar-refractivity contribution in [3.8, 4) is 28.3 Å². The van der Waals surface area contributed by atoms with E-state index >= 15 is 4.39 Å². The lowest BCUT2D eigenvalue weighted by Crippen LogP contribution is -2.30. The number of halogens is 1. The fraction of sp³-hybridized carbons (Fsp3) is 0.367. The van der Waals surface area contributed by atoms with Crippen LogP contribution in [0.5, 0.6) is 5.75 Å². The largest absolute Gasteiger partial charge is 0.490 e. The van der Waals surface area contributed by atoms with Gasteiger partial charge in [0.05, 0.1) is 30.7 Å². The van der Waals surface area contributed by atoms with Crippen LogP contribution in [-0.2, 0) is 20.7 Å². The topological polar surface area (TPSA) is 75.0 Å². The minimum absolute atomic E-state index is 0.293. The number of carbonyl (C=O) groups is 1. The first-order valence-electron chi connectivity index (χ1n) is 12.8. The molecule has 0 radical (unpaired) electrons. The van der Waals surface area contributed by atoms with Gasteiger partial charge in [0.15, 0.2) is 23.3 Å². The van der Waals surface area contributed by atoms with Crippen LogP contribution >= 0.6 is 0 Å². The molecule has 0 saturated heterocycles. The zero-order valence-electron chi connectivity index (χ0n) is 22.6. The number of carbonyl (C=O) groups excluding carboxylic acids is 1. The number of rotatable bonds is 5. The zero-order chi connectivity index (χ0) is 27.2. The first-order chi connectivity index (χ1) is 18.1. The summed E-state index contributed by atoms with van der Waals surface area (Å²) in [6.07, 6.45) is 0.388. The molecule has 0 aliphatic carbocycles. The van der Waals surface area contributed by atoms with Gasteiger partial charge in [-0.3, -0.25) is 0 Å². The summed E-state index contributed by atoms with van der Waals surface area (Å²) in [5, 5.41) is 4.90. The Balaban J connectivity index is 1.87. The van der Waals surface area contributed by atoms with Crippen molar-refractivity contribution in [2.45, 2.75) is 59.2 Å². The Morgan fingerprint density at radius 1 is 1.16 bits per heavy atom. The van der Waals surface area contributed by atoms with Gasteiger partial charge in [-0.25, -0.2) is 18.7 Å². The smallest absolute Gasteiger partial charge is 0.339 e. The number of aryl methyl sites for hydroxylation is 1. The third-order valence-corrected chi connectivity index (χ3v) is 6.74. The summed E-state index contributed by atoms with van der Waals surface area (Å²) >= 11 is 0. The molecular weight excluding hydrogens is 485 g/mol. The summed E-state index contributed by atoms with van der Waals surface area (Å²) in [5.74, 6) is -0.724. The average molecular weight is 518 g/mol. The lowest BCUT2D eigenvalue weighted by molar-refractivity contribution is -0.164. The van der Waals surface area contributed by atoms with E-state index < -0.39 is 23.5 Å². The van der Waals surface area contributed by atoms with Gasteiger partial charge < -0.3 is 14.2 Å². The maximum atomic E-state index is 15.5. The van der Waals surface area contributed by atoms with Crippen LogP contribution in [0.3, 0.4) is 0 Å². The molecule has 1 atom stereocenters. The molecule has 0 saturated carbocycles. The van der Waals surface area contributed by atoms with Gasteiger partial charge >= 0.3 is 5.97 Å². The summed E-state index contributed by atoms with van der Waals surface area (Å²) in [4.78, 5) is 18.0. The Kier molecular flexibility index (Phi) is 6.69. The van der Waals surface area contributed by atoms with Crippen LogP contribution in [0.15, 0.2) is 42.5 Å². The first kappa shape index (κ1) is 25.9. The molecule has 0 fully saturated rings. The summed E-state index contributed by atoms with van der Waals surface area (Å²) in [5.41, 5.74) is 5.41. The zero-order valence-corrected chi connectivity index (χ0v) is 22.6. The number of hydrogen-bond acceptors (Lipinski definition) is 6. The second kappa shape index (κ2) is 9.83. The molecule has 38 heavy (non-hydrogen) atoms. The molecule has 8 heteroatoms. The van der Waals surface area contributed by atoms with E-state index in [2.05, 4.69) is 0 Å². The van der Waals surface area contributed by atoms with Crippen LogP contribution in [0.25, 0.3) is 28.2 Å². The Hall–Kier alpha value is -3.78. The second-order valence-electron chi connectivity index (χ2n) is 10.5. The van der Waals surface area contributed by atoms with E-state index in [1.807, 2.05) is 71.0 Å². The van der Waals surface area contributed by atoms with Gasteiger partial charge in [-0.05, 0) is 59.1 Å². The standard InChI is InChI=1S/C30H32FN3O4/c1-17-20-13-10-14-37-27(20)22(31)15-21(17)26-25(28(29(35)36-6)38-30(3,4)5)18(2)32-24-16-23(33-34(24)26)19-11-8-7-9-12-19/h7-9,11-12,15-16,28H,10,13-14H2,1-6H3/t28-/m0/s1. The van der Waals surface area contributed by atoms with Crippen molar-refractivity contribution in [3.63, 3.8) is 0 Å². The van der Waals surface area contributed by atoms with Crippen LogP contribution in [0.4, 0.5) is 4.39 Å². The summed E-state index contributed by atoms with van der Waals surface area (Å²) < 4.78 is 34.3. The fourth-order valence-corrected chi connectivity index (χ4v) is 5.05. The summed E-state index contributed by atoms with van der Waals surface area (Å²) in [6.45, 7) is 9.86. The van der Waals surface area contributed by atoms with Crippen molar-refractivity contribution in [3.05, 3.63) is 70.7 Å². The lowest BCUT2D eigenvalue weighted by Gasteiger charge is -2.29. The Labute approximate surface area is 221 Å². The number of methoxy groups -OCH3 is 1. The molecule has 3 heterocycles. The molecule has 1 aliphatic rings. The van der Waals surface area contributed by atoms with Gasteiger partial charge in [0.25, 0.3) is 0 Å². The van der Waals surface area contributed by atoms with E-state index in [-0.39, 0.29) is 0 Å². The molecular formula is C30H32FN3O4. The summed E-state index contributed by atoms with van der Waals surface area (Å²) in [7, 11) is 1.32. The third kappa shape index (κ3) is 4.65. The molecule has 4 aromatic rings. The van der Waals surface area contributed by atoms with Crippen LogP contribution in [0, 0.1) is 19.7 Å². The highest BCUT2D eigenvalue weighted by Crippen LogP contribution is 2.42. The molecule has 1 aliphatic heterocycles. The van der Waals surface area contributed by atoms with Gasteiger partial charge in [0.1, 0.15) is 0 Å². The van der Waals surface area contributed by atoms with E-state index in [1.54, 1.807) is 4.52 Å². The van der Waals surface area contributed by atoms with Crippen LogP contribution in [-0.4, -0.2) is 39.9 Å². The minimum atomic E-state index is -1.11. The molecule has 0 amide bonds. The molecule has 198 valence electrons. The molecule has 0 unspecified atom stereocenters. The van der Waals surface area contributed by atoms with Crippen LogP contribution < -0.4 is 4.74 Å². The van der Waals surface area contributed by atoms with Gasteiger partial charge in [0, 0.05) is 34.0 Å².